The zero-order chi connectivity index (χ0) is 17.4. The van der Waals surface area contributed by atoms with Crippen LogP contribution in [0.3, 0.4) is 0 Å². The zero-order valence-corrected chi connectivity index (χ0v) is 15.1. The number of aromatic nitrogens is 3. The maximum atomic E-state index is 12.8. The van der Waals surface area contributed by atoms with Crippen molar-refractivity contribution in [3.63, 3.8) is 0 Å². The Balaban J connectivity index is 1.58. The third-order valence-electron chi connectivity index (χ3n) is 4.81. The average molecular weight is 352 g/mol. The number of thiazole rings is 1. The molecule has 25 heavy (non-hydrogen) atoms. The molecule has 128 valence electrons. The number of hydrogen-bond acceptors (Lipinski definition) is 4. The van der Waals surface area contributed by atoms with Gasteiger partial charge in [-0.2, -0.15) is 5.10 Å². The second-order valence-corrected chi connectivity index (χ2v) is 7.60. The van der Waals surface area contributed by atoms with Crippen LogP contribution in [0.4, 0.5) is 0 Å². The predicted molar refractivity (Wildman–Crippen MR) is 98.5 cm³/mol. The number of carbonyl (C=O) groups excluding carboxylic acids is 1. The number of fused-ring (bicyclic) bond motifs is 1. The second kappa shape index (κ2) is 6.11. The molecule has 0 fully saturated rings. The number of rotatable bonds is 3. The van der Waals surface area contributed by atoms with Crippen LogP contribution in [0.5, 0.6) is 0 Å². The summed E-state index contributed by atoms with van der Waals surface area (Å²) in [7, 11) is 1.87. The van der Waals surface area contributed by atoms with Gasteiger partial charge in [0.25, 0.3) is 5.91 Å². The molecule has 1 aliphatic rings. The van der Waals surface area contributed by atoms with Gasteiger partial charge in [-0.15, -0.1) is 11.3 Å². The molecule has 0 radical (unpaired) electrons. The van der Waals surface area contributed by atoms with Gasteiger partial charge in [-0.05, 0) is 37.3 Å². The molecular formula is C19H20N4OS. The zero-order valence-electron chi connectivity index (χ0n) is 14.3. The van der Waals surface area contributed by atoms with E-state index in [2.05, 4.69) is 40.5 Å². The largest absolute Gasteiger partial charge is 0.341 e. The predicted octanol–water partition coefficient (Wildman–Crippen LogP) is 3.53. The van der Waals surface area contributed by atoms with Gasteiger partial charge in [-0.1, -0.05) is 24.3 Å². The van der Waals surface area contributed by atoms with Crippen molar-refractivity contribution in [3.05, 3.63) is 58.9 Å². The van der Waals surface area contributed by atoms with Gasteiger partial charge in [0.15, 0.2) is 0 Å². The first-order valence-corrected chi connectivity index (χ1v) is 9.28. The van der Waals surface area contributed by atoms with Crippen molar-refractivity contribution >= 4 is 17.2 Å². The quantitative estimate of drug-likeness (QED) is 0.784. The molecule has 6 heteroatoms. The van der Waals surface area contributed by atoms with E-state index in [0.29, 0.717) is 5.69 Å². The van der Waals surface area contributed by atoms with Crippen molar-refractivity contribution in [1.29, 1.82) is 0 Å². The number of hydrogen-bond donors (Lipinski definition) is 1. The van der Waals surface area contributed by atoms with Gasteiger partial charge in [0.1, 0.15) is 10.7 Å². The number of carbonyl (C=O) groups is 1. The SMILES string of the molecule is Cn1cc(-c2nc(C(=O)N[C@@]3(C)CCCc4ccccc43)cs2)cn1. The molecule has 0 aliphatic heterocycles. The highest BCUT2D eigenvalue weighted by Gasteiger charge is 2.33. The minimum atomic E-state index is -0.343. The van der Waals surface area contributed by atoms with Crippen LogP contribution in [0.25, 0.3) is 10.6 Å². The summed E-state index contributed by atoms with van der Waals surface area (Å²) in [5, 5.41) is 10.0. The minimum absolute atomic E-state index is 0.120. The first-order valence-electron chi connectivity index (χ1n) is 8.41. The van der Waals surface area contributed by atoms with Crippen molar-refractivity contribution in [3.8, 4) is 10.6 Å². The highest BCUT2D eigenvalue weighted by atomic mass is 32.1. The third kappa shape index (κ3) is 2.98. The van der Waals surface area contributed by atoms with Gasteiger partial charge in [0.05, 0.1) is 11.7 Å². The van der Waals surface area contributed by atoms with Crippen LogP contribution in [0.15, 0.2) is 42.0 Å². The highest BCUT2D eigenvalue weighted by Crippen LogP contribution is 2.35. The Morgan fingerprint density at radius 1 is 1.36 bits per heavy atom. The van der Waals surface area contributed by atoms with Gasteiger partial charge in [-0.3, -0.25) is 9.48 Å². The van der Waals surface area contributed by atoms with E-state index in [4.69, 9.17) is 0 Å². The fraction of sp³-hybridized carbons (Fsp3) is 0.316. The third-order valence-corrected chi connectivity index (χ3v) is 5.70. The molecule has 0 unspecified atom stereocenters. The Kier molecular flexibility index (Phi) is 3.92. The van der Waals surface area contributed by atoms with Crippen LogP contribution in [0.2, 0.25) is 0 Å². The lowest BCUT2D eigenvalue weighted by Gasteiger charge is -2.36. The summed E-state index contributed by atoms with van der Waals surface area (Å²) in [6, 6.07) is 8.38. The molecule has 2 heterocycles. The lowest BCUT2D eigenvalue weighted by molar-refractivity contribution is 0.0890. The summed E-state index contributed by atoms with van der Waals surface area (Å²) in [5.74, 6) is -0.120. The van der Waals surface area contributed by atoms with E-state index in [0.717, 1.165) is 29.8 Å². The maximum absolute atomic E-state index is 12.8. The van der Waals surface area contributed by atoms with Crippen molar-refractivity contribution < 1.29 is 4.79 Å². The van der Waals surface area contributed by atoms with Gasteiger partial charge >= 0.3 is 0 Å². The van der Waals surface area contributed by atoms with E-state index >= 15 is 0 Å². The Labute approximate surface area is 150 Å². The second-order valence-electron chi connectivity index (χ2n) is 6.74. The van der Waals surface area contributed by atoms with Crippen LogP contribution in [0, 0.1) is 0 Å². The first kappa shape index (κ1) is 16.0. The molecular weight excluding hydrogens is 332 g/mol. The molecule has 1 N–H and O–H groups in total. The normalized spacial score (nSPS) is 19.4. The van der Waals surface area contributed by atoms with E-state index in [9.17, 15) is 4.79 Å². The van der Waals surface area contributed by atoms with Crippen molar-refractivity contribution in [2.75, 3.05) is 0 Å². The fourth-order valence-corrected chi connectivity index (χ4v) is 4.31. The molecule has 3 aromatic rings. The van der Waals surface area contributed by atoms with E-state index < -0.39 is 0 Å². The molecule has 1 amide bonds. The van der Waals surface area contributed by atoms with Crippen LogP contribution >= 0.6 is 11.3 Å². The van der Waals surface area contributed by atoms with E-state index in [-0.39, 0.29) is 11.4 Å². The first-order chi connectivity index (χ1) is 12.0. The van der Waals surface area contributed by atoms with E-state index in [1.54, 1.807) is 10.9 Å². The number of nitrogens with zero attached hydrogens (tertiary/aromatic N) is 3. The maximum Gasteiger partial charge on any atom is 0.271 e. The standard InChI is InChI=1S/C19H20N4OS/c1-19(9-5-7-13-6-3-4-8-15(13)19)22-17(24)16-12-25-18(21-16)14-10-20-23(2)11-14/h3-4,6,8,10-12H,5,7,9H2,1-2H3,(H,22,24)/t19-/m0/s1. The molecule has 0 spiro atoms. The van der Waals surface area contributed by atoms with Gasteiger partial charge in [0.2, 0.25) is 0 Å². The summed E-state index contributed by atoms with van der Waals surface area (Å²) >= 11 is 1.47. The monoisotopic (exact) mass is 352 g/mol. The fourth-order valence-electron chi connectivity index (χ4n) is 3.53. The number of benzene rings is 1. The lowest BCUT2D eigenvalue weighted by atomic mass is 9.77. The van der Waals surface area contributed by atoms with Gasteiger partial charge in [0, 0.05) is 24.2 Å². The number of amides is 1. The van der Waals surface area contributed by atoms with E-state index in [1.807, 2.05) is 24.7 Å². The molecule has 1 aromatic carbocycles. The Morgan fingerprint density at radius 3 is 3.00 bits per heavy atom. The topological polar surface area (TPSA) is 59.8 Å². The smallest absolute Gasteiger partial charge is 0.271 e. The van der Waals surface area contributed by atoms with Crippen molar-refractivity contribution in [2.45, 2.75) is 31.7 Å². The summed E-state index contributed by atoms with van der Waals surface area (Å²) in [5.41, 5.74) is 3.60. The number of nitrogens with one attached hydrogen (secondary N) is 1. The molecule has 1 atom stereocenters. The molecule has 2 aromatic heterocycles. The van der Waals surface area contributed by atoms with Gasteiger partial charge < -0.3 is 5.32 Å². The van der Waals surface area contributed by atoms with Crippen LogP contribution < -0.4 is 5.32 Å². The van der Waals surface area contributed by atoms with Crippen LogP contribution in [0.1, 0.15) is 41.4 Å². The summed E-state index contributed by atoms with van der Waals surface area (Å²) < 4.78 is 1.73. The Hall–Kier alpha value is -2.47. The van der Waals surface area contributed by atoms with Gasteiger partial charge in [-0.25, -0.2) is 4.98 Å². The van der Waals surface area contributed by atoms with Crippen LogP contribution in [-0.4, -0.2) is 20.7 Å². The minimum Gasteiger partial charge on any atom is -0.341 e. The molecule has 4 rings (SSSR count). The van der Waals surface area contributed by atoms with Crippen molar-refractivity contribution in [1.82, 2.24) is 20.1 Å². The molecule has 0 bridgehead atoms. The molecule has 5 nitrogen and oxygen atoms in total. The van der Waals surface area contributed by atoms with E-state index in [1.165, 1.54) is 22.5 Å². The Morgan fingerprint density at radius 2 is 2.20 bits per heavy atom. The lowest BCUT2D eigenvalue weighted by Crippen LogP contribution is -2.45. The number of aryl methyl sites for hydroxylation is 2. The molecule has 0 saturated heterocycles. The van der Waals surface area contributed by atoms with Crippen molar-refractivity contribution in [2.24, 2.45) is 7.05 Å². The Bertz CT molecular complexity index is 929. The summed E-state index contributed by atoms with van der Waals surface area (Å²) in [6.45, 7) is 2.11. The average Bonchev–Trinajstić information content (AvgIpc) is 3.24. The summed E-state index contributed by atoms with van der Waals surface area (Å²) in [6.07, 6.45) is 6.75. The summed E-state index contributed by atoms with van der Waals surface area (Å²) in [4.78, 5) is 17.3. The molecule has 0 saturated carbocycles. The van der Waals surface area contributed by atoms with Crippen LogP contribution in [-0.2, 0) is 19.0 Å². The highest BCUT2D eigenvalue weighted by molar-refractivity contribution is 7.13. The molecule has 1 aliphatic carbocycles.